The molecule has 0 amide bonds. The van der Waals surface area contributed by atoms with Crippen LogP contribution in [0.15, 0.2) is 0 Å². The van der Waals surface area contributed by atoms with E-state index >= 15 is 0 Å². The van der Waals surface area contributed by atoms with Crippen LogP contribution in [0.3, 0.4) is 0 Å². The Bertz CT molecular complexity index is 165. The second-order valence-electron chi connectivity index (χ2n) is 3.82. The molecule has 0 heterocycles. The summed E-state index contributed by atoms with van der Waals surface area (Å²) in [4.78, 5) is 0. The summed E-state index contributed by atoms with van der Waals surface area (Å²) >= 11 is 0. The summed E-state index contributed by atoms with van der Waals surface area (Å²) < 4.78 is 0. The van der Waals surface area contributed by atoms with E-state index in [4.69, 9.17) is 5.26 Å². The predicted octanol–water partition coefficient (Wildman–Crippen LogP) is 1.82. The van der Waals surface area contributed by atoms with E-state index in [0.717, 1.165) is 0 Å². The van der Waals surface area contributed by atoms with E-state index in [1.54, 1.807) is 0 Å². The normalized spacial score (nSPS) is 23.4. The molecule has 11 heavy (non-hydrogen) atoms. The quantitative estimate of drug-likeness (QED) is 0.669. The van der Waals surface area contributed by atoms with Crippen molar-refractivity contribution in [3.05, 3.63) is 0 Å². The van der Waals surface area contributed by atoms with Crippen molar-refractivity contribution in [3.63, 3.8) is 0 Å². The lowest BCUT2D eigenvalue weighted by Gasteiger charge is -2.41. The third kappa shape index (κ3) is 2.20. The van der Waals surface area contributed by atoms with Gasteiger partial charge in [-0.25, -0.2) is 0 Å². The van der Waals surface area contributed by atoms with E-state index in [9.17, 15) is 0 Å². The minimum atomic E-state index is 0.344. The monoisotopic (exact) mass is 152 g/mol. The molecule has 1 unspecified atom stereocenters. The van der Waals surface area contributed by atoms with Gasteiger partial charge in [-0.05, 0) is 33.1 Å². The highest BCUT2D eigenvalue weighted by Gasteiger charge is 2.32. The molecule has 1 atom stereocenters. The van der Waals surface area contributed by atoms with Gasteiger partial charge in [0, 0.05) is 11.6 Å². The molecular formula is C9H16N2. The van der Waals surface area contributed by atoms with Crippen molar-refractivity contribution in [1.82, 2.24) is 5.32 Å². The van der Waals surface area contributed by atoms with Crippen LogP contribution in [0.25, 0.3) is 0 Å². The van der Waals surface area contributed by atoms with Gasteiger partial charge in [-0.3, -0.25) is 0 Å². The molecule has 1 aliphatic carbocycles. The van der Waals surface area contributed by atoms with Crippen molar-refractivity contribution >= 4 is 0 Å². The number of hydrogen-bond donors (Lipinski definition) is 1. The molecule has 0 spiro atoms. The largest absolute Gasteiger partial charge is 0.308 e. The van der Waals surface area contributed by atoms with Crippen molar-refractivity contribution in [1.29, 1.82) is 5.26 Å². The van der Waals surface area contributed by atoms with Crippen LogP contribution in [-0.2, 0) is 0 Å². The molecular weight excluding hydrogens is 136 g/mol. The number of nitriles is 1. The lowest BCUT2D eigenvalue weighted by atomic mass is 9.78. The third-order valence-corrected chi connectivity index (χ3v) is 2.45. The molecule has 0 aliphatic heterocycles. The van der Waals surface area contributed by atoms with Crippen molar-refractivity contribution in [3.8, 4) is 6.07 Å². The van der Waals surface area contributed by atoms with E-state index < -0.39 is 0 Å². The van der Waals surface area contributed by atoms with Crippen LogP contribution in [-0.4, -0.2) is 11.6 Å². The SMILES string of the molecule is CC(CC#N)NC1(C)CCC1. The van der Waals surface area contributed by atoms with E-state index in [0.29, 0.717) is 18.0 Å². The minimum Gasteiger partial charge on any atom is -0.308 e. The third-order valence-electron chi connectivity index (χ3n) is 2.45. The molecule has 2 heteroatoms. The zero-order valence-electron chi connectivity index (χ0n) is 7.35. The van der Waals surface area contributed by atoms with Gasteiger partial charge in [0.15, 0.2) is 0 Å². The summed E-state index contributed by atoms with van der Waals surface area (Å²) in [5.74, 6) is 0. The van der Waals surface area contributed by atoms with Crippen LogP contribution in [0.5, 0.6) is 0 Å². The highest BCUT2D eigenvalue weighted by Crippen LogP contribution is 2.31. The number of nitrogens with zero attached hydrogens (tertiary/aromatic N) is 1. The van der Waals surface area contributed by atoms with Gasteiger partial charge < -0.3 is 5.32 Å². The topological polar surface area (TPSA) is 35.8 Å². The average Bonchev–Trinajstić information content (AvgIpc) is 1.85. The Hall–Kier alpha value is -0.550. The van der Waals surface area contributed by atoms with Crippen molar-refractivity contribution < 1.29 is 0 Å². The zero-order valence-corrected chi connectivity index (χ0v) is 7.35. The van der Waals surface area contributed by atoms with Crippen LogP contribution >= 0.6 is 0 Å². The summed E-state index contributed by atoms with van der Waals surface area (Å²) in [5, 5.41) is 11.9. The minimum absolute atomic E-state index is 0.344. The fourth-order valence-electron chi connectivity index (χ4n) is 1.63. The molecule has 0 aromatic heterocycles. The lowest BCUT2D eigenvalue weighted by Crippen LogP contribution is -2.51. The molecule has 1 rings (SSSR count). The average molecular weight is 152 g/mol. The first-order valence-electron chi connectivity index (χ1n) is 4.31. The van der Waals surface area contributed by atoms with E-state index in [-0.39, 0.29) is 0 Å². The molecule has 1 N–H and O–H groups in total. The Morgan fingerprint density at radius 2 is 2.27 bits per heavy atom. The fraction of sp³-hybridized carbons (Fsp3) is 0.889. The Morgan fingerprint density at radius 1 is 1.64 bits per heavy atom. The Balaban J connectivity index is 2.24. The summed E-state index contributed by atoms with van der Waals surface area (Å²) in [6, 6.07) is 2.53. The molecule has 0 aromatic carbocycles. The van der Waals surface area contributed by atoms with Crippen molar-refractivity contribution in [2.75, 3.05) is 0 Å². The van der Waals surface area contributed by atoms with Gasteiger partial charge in [0.05, 0.1) is 12.5 Å². The van der Waals surface area contributed by atoms with Gasteiger partial charge in [0.1, 0.15) is 0 Å². The molecule has 0 bridgehead atoms. The highest BCUT2D eigenvalue weighted by atomic mass is 15.0. The van der Waals surface area contributed by atoms with Crippen LogP contribution in [0, 0.1) is 11.3 Å². The molecule has 62 valence electrons. The highest BCUT2D eigenvalue weighted by molar-refractivity contribution is 4.94. The Morgan fingerprint density at radius 3 is 2.64 bits per heavy atom. The smallest absolute Gasteiger partial charge is 0.0638 e. The van der Waals surface area contributed by atoms with Gasteiger partial charge in [-0.1, -0.05) is 0 Å². The van der Waals surface area contributed by atoms with Gasteiger partial charge in [-0.2, -0.15) is 5.26 Å². The molecule has 0 radical (unpaired) electrons. The predicted molar refractivity (Wildman–Crippen MR) is 45.1 cm³/mol. The van der Waals surface area contributed by atoms with E-state index in [1.165, 1.54) is 19.3 Å². The summed E-state index contributed by atoms with van der Waals surface area (Å²) in [6.45, 7) is 4.32. The van der Waals surface area contributed by atoms with Gasteiger partial charge >= 0.3 is 0 Å². The Kier molecular flexibility index (Phi) is 2.51. The molecule has 0 aromatic rings. The summed E-state index contributed by atoms with van der Waals surface area (Å²) in [5.41, 5.74) is 0.344. The zero-order chi connectivity index (χ0) is 8.32. The maximum absolute atomic E-state index is 8.43. The van der Waals surface area contributed by atoms with Gasteiger partial charge in [-0.15, -0.1) is 0 Å². The summed E-state index contributed by atoms with van der Waals surface area (Å²) in [6.07, 6.45) is 4.49. The maximum atomic E-state index is 8.43. The maximum Gasteiger partial charge on any atom is 0.0638 e. The molecule has 1 fully saturated rings. The fourth-order valence-corrected chi connectivity index (χ4v) is 1.63. The summed E-state index contributed by atoms with van der Waals surface area (Å²) in [7, 11) is 0. The number of nitrogens with one attached hydrogen (secondary N) is 1. The molecule has 1 aliphatic rings. The molecule has 0 saturated heterocycles. The molecule has 2 nitrogen and oxygen atoms in total. The van der Waals surface area contributed by atoms with Crippen molar-refractivity contribution in [2.45, 2.75) is 51.1 Å². The first-order valence-corrected chi connectivity index (χ1v) is 4.31. The first-order chi connectivity index (χ1) is 5.16. The van der Waals surface area contributed by atoms with Crippen LogP contribution in [0.2, 0.25) is 0 Å². The Labute approximate surface area is 68.6 Å². The number of hydrogen-bond acceptors (Lipinski definition) is 2. The van der Waals surface area contributed by atoms with Gasteiger partial charge in [0.2, 0.25) is 0 Å². The van der Waals surface area contributed by atoms with Crippen LogP contribution in [0.4, 0.5) is 0 Å². The van der Waals surface area contributed by atoms with Crippen LogP contribution in [0.1, 0.15) is 39.5 Å². The number of rotatable bonds is 3. The molecule has 1 saturated carbocycles. The first kappa shape index (κ1) is 8.55. The lowest BCUT2D eigenvalue weighted by molar-refractivity contribution is 0.190. The second-order valence-corrected chi connectivity index (χ2v) is 3.82. The van der Waals surface area contributed by atoms with E-state index in [2.05, 4.69) is 25.2 Å². The standard InChI is InChI=1S/C9H16N2/c1-8(4-7-10)11-9(2)5-3-6-9/h8,11H,3-6H2,1-2H3. The van der Waals surface area contributed by atoms with Crippen molar-refractivity contribution in [2.24, 2.45) is 0 Å². The second kappa shape index (κ2) is 3.23. The van der Waals surface area contributed by atoms with Gasteiger partial charge in [0.25, 0.3) is 0 Å². The van der Waals surface area contributed by atoms with E-state index in [1.807, 2.05) is 0 Å². The van der Waals surface area contributed by atoms with Crippen LogP contribution < -0.4 is 5.32 Å².